The predicted molar refractivity (Wildman–Crippen MR) is 95.1 cm³/mol. The van der Waals surface area contributed by atoms with Gasteiger partial charge in [-0.05, 0) is 37.3 Å². The number of halogens is 2. The summed E-state index contributed by atoms with van der Waals surface area (Å²) in [5, 5.41) is 3.32. The lowest BCUT2D eigenvalue weighted by molar-refractivity contribution is 0.410. The fourth-order valence-corrected chi connectivity index (χ4v) is 2.58. The number of ether oxygens (including phenoxy) is 1. The molecule has 0 aliphatic rings. The Hall–Kier alpha value is -2.14. The molecule has 0 spiro atoms. The SMILES string of the molecule is CCN(C)c1c(N)ccc(OC)c1CNc1ccc(F)c(Cl)c1. The largest absolute Gasteiger partial charge is 0.496 e. The third-order valence-electron chi connectivity index (χ3n) is 3.74. The minimum atomic E-state index is -0.440. The first-order valence-corrected chi connectivity index (χ1v) is 7.71. The van der Waals surface area contributed by atoms with Crippen LogP contribution in [0, 0.1) is 5.82 Å². The van der Waals surface area contributed by atoms with E-state index >= 15 is 0 Å². The maximum Gasteiger partial charge on any atom is 0.141 e. The topological polar surface area (TPSA) is 50.5 Å². The van der Waals surface area contributed by atoms with Crippen LogP contribution < -0.4 is 20.7 Å². The van der Waals surface area contributed by atoms with Crippen LogP contribution >= 0.6 is 11.6 Å². The van der Waals surface area contributed by atoms with Gasteiger partial charge in [0.25, 0.3) is 0 Å². The van der Waals surface area contributed by atoms with Crippen molar-refractivity contribution in [2.75, 3.05) is 36.7 Å². The van der Waals surface area contributed by atoms with Gasteiger partial charge in [-0.25, -0.2) is 4.39 Å². The minimum absolute atomic E-state index is 0.0837. The van der Waals surface area contributed by atoms with Crippen molar-refractivity contribution in [2.24, 2.45) is 0 Å². The number of nitrogens with two attached hydrogens (primary N) is 1. The van der Waals surface area contributed by atoms with Gasteiger partial charge in [-0.2, -0.15) is 0 Å². The van der Waals surface area contributed by atoms with Gasteiger partial charge in [-0.15, -0.1) is 0 Å². The molecule has 0 fully saturated rings. The lowest BCUT2D eigenvalue weighted by atomic mass is 10.1. The van der Waals surface area contributed by atoms with Crippen molar-refractivity contribution in [1.82, 2.24) is 0 Å². The molecule has 2 aromatic carbocycles. The van der Waals surface area contributed by atoms with Gasteiger partial charge < -0.3 is 20.7 Å². The third kappa shape index (κ3) is 3.79. The van der Waals surface area contributed by atoms with Gasteiger partial charge in [0.2, 0.25) is 0 Å². The Bertz CT molecular complexity index is 694. The van der Waals surface area contributed by atoms with E-state index in [2.05, 4.69) is 17.1 Å². The standard InChI is InChI=1S/C17H21ClFN3O/c1-4-22(2)17-12(16(23-3)8-7-15(17)20)10-21-11-5-6-14(19)13(18)9-11/h5-9,21H,4,10,20H2,1-3H3. The average Bonchev–Trinajstić information content (AvgIpc) is 2.55. The van der Waals surface area contributed by atoms with Gasteiger partial charge in [0.15, 0.2) is 0 Å². The van der Waals surface area contributed by atoms with Crippen LogP contribution in [0.15, 0.2) is 30.3 Å². The Kier molecular flexibility index (Phi) is 5.55. The highest BCUT2D eigenvalue weighted by Gasteiger charge is 2.15. The Labute approximate surface area is 141 Å². The van der Waals surface area contributed by atoms with Gasteiger partial charge in [0.1, 0.15) is 11.6 Å². The molecule has 0 saturated heterocycles. The summed E-state index contributed by atoms with van der Waals surface area (Å²) in [6.07, 6.45) is 0. The number of hydrogen-bond acceptors (Lipinski definition) is 4. The van der Waals surface area contributed by atoms with Gasteiger partial charge in [-0.1, -0.05) is 11.6 Å². The summed E-state index contributed by atoms with van der Waals surface area (Å²) in [4.78, 5) is 2.06. The van der Waals surface area contributed by atoms with Crippen LogP contribution in [0.3, 0.4) is 0 Å². The first kappa shape index (κ1) is 17.2. The molecule has 4 nitrogen and oxygen atoms in total. The summed E-state index contributed by atoms with van der Waals surface area (Å²) in [7, 11) is 3.60. The fraction of sp³-hybridized carbons (Fsp3) is 0.294. The van der Waals surface area contributed by atoms with E-state index in [1.54, 1.807) is 19.2 Å². The molecular weight excluding hydrogens is 317 g/mol. The first-order valence-electron chi connectivity index (χ1n) is 7.33. The average molecular weight is 338 g/mol. The normalized spacial score (nSPS) is 10.5. The van der Waals surface area contributed by atoms with Crippen LogP contribution in [0.5, 0.6) is 5.75 Å². The van der Waals surface area contributed by atoms with Crippen LogP contribution in [0.2, 0.25) is 5.02 Å². The molecular formula is C17H21ClFN3O. The summed E-state index contributed by atoms with van der Waals surface area (Å²) < 4.78 is 18.7. The second kappa shape index (κ2) is 7.42. The quantitative estimate of drug-likeness (QED) is 0.778. The summed E-state index contributed by atoms with van der Waals surface area (Å²) in [6, 6.07) is 8.21. The number of methoxy groups -OCH3 is 1. The number of rotatable bonds is 6. The number of anilines is 3. The Morgan fingerprint density at radius 1 is 1.30 bits per heavy atom. The summed E-state index contributed by atoms with van der Waals surface area (Å²) >= 11 is 5.82. The lowest BCUT2D eigenvalue weighted by Crippen LogP contribution is -2.20. The highest BCUT2D eigenvalue weighted by atomic mass is 35.5. The maximum atomic E-state index is 13.2. The van der Waals surface area contributed by atoms with Crippen LogP contribution in [-0.4, -0.2) is 20.7 Å². The van der Waals surface area contributed by atoms with Gasteiger partial charge >= 0.3 is 0 Å². The lowest BCUT2D eigenvalue weighted by Gasteiger charge is -2.25. The van der Waals surface area contributed by atoms with Gasteiger partial charge in [0.05, 0.1) is 23.5 Å². The number of nitrogens with one attached hydrogen (secondary N) is 1. The molecule has 0 saturated carbocycles. The van der Waals surface area contributed by atoms with E-state index in [0.717, 1.165) is 29.2 Å². The molecule has 124 valence electrons. The highest BCUT2D eigenvalue weighted by molar-refractivity contribution is 6.31. The van der Waals surface area contributed by atoms with Crippen molar-refractivity contribution in [3.05, 3.63) is 46.7 Å². The Morgan fingerprint density at radius 2 is 2.04 bits per heavy atom. The van der Waals surface area contributed by atoms with E-state index in [1.165, 1.54) is 6.07 Å². The molecule has 0 bridgehead atoms. The Morgan fingerprint density at radius 3 is 2.65 bits per heavy atom. The predicted octanol–water partition coefficient (Wildman–Crippen LogP) is 4.14. The zero-order valence-corrected chi connectivity index (χ0v) is 14.2. The summed E-state index contributed by atoms with van der Waals surface area (Å²) in [6.45, 7) is 3.35. The molecule has 0 aromatic heterocycles. The van der Waals surface area contributed by atoms with Crippen molar-refractivity contribution in [3.8, 4) is 5.75 Å². The van der Waals surface area contributed by atoms with Crippen molar-refractivity contribution in [3.63, 3.8) is 0 Å². The zero-order valence-electron chi connectivity index (χ0n) is 13.5. The van der Waals surface area contributed by atoms with Crippen LogP contribution in [0.4, 0.5) is 21.5 Å². The molecule has 6 heteroatoms. The smallest absolute Gasteiger partial charge is 0.141 e. The zero-order chi connectivity index (χ0) is 17.0. The van der Waals surface area contributed by atoms with Crippen molar-refractivity contribution < 1.29 is 9.13 Å². The highest BCUT2D eigenvalue weighted by Crippen LogP contribution is 2.35. The molecule has 0 unspecified atom stereocenters. The molecule has 0 radical (unpaired) electrons. The van der Waals surface area contributed by atoms with E-state index in [9.17, 15) is 4.39 Å². The van der Waals surface area contributed by atoms with Crippen LogP contribution in [0.25, 0.3) is 0 Å². The van der Waals surface area contributed by atoms with E-state index in [0.29, 0.717) is 12.2 Å². The monoisotopic (exact) mass is 337 g/mol. The maximum absolute atomic E-state index is 13.2. The van der Waals surface area contributed by atoms with Crippen LogP contribution in [0.1, 0.15) is 12.5 Å². The summed E-state index contributed by atoms with van der Waals surface area (Å²) in [5.74, 6) is 0.306. The second-order valence-electron chi connectivity index (χ2n) is 5.18. The molecule has 0 aliphatic carbocycles. The van der Waals surface area contributed by atoms with Gasteiger partial charge in [-0.3, -0.25) is 0 Å². The molecule has 0 heterocycles. The second-order valence-corrected chi connectivity index (χ2v) is 5.59. The number of benzene rings is 2. The number of nitrogens with zero attached hydrogens (tertiary/aromatic N) is 1. The molecule has 2 aromatic rings. The van der Waals surface area contributed by atoms with Crippen molar-refractivity contribution in [2.45, 2.75) is 13.5 Å². The first-order chi connectivity index (χ1) is 11.0. The van der Waals surface area contributed by atoms with Crippen molar-refractivity contribution in [1.29, 1.82) is 0 Å². The van der Waals surface area contributed by atoms with E-state index < -0.39 is 5.82 Å². The molecule has 2 rings (SSSR count). The minimum Gasteiger partial charge on any atom is -0.496 e. The third-order valence-corrected chi connectivity index (χ3v) is 4.03. The van der Waals surface area contributed by atoms with Gasteiger partial charge in [0, 0.05) is 31.4 Å². The van der Waals surface area contributed by atoms with Crippen molar-refractivity contribution >= 4 is 28.7 Å². The fourth-order valence-electron chi connectivity index (χ4n) is 2.40. The summed E-state index contributed by atoms with van der Waals surface area (Å²) in [5.41, 5.74) is 9.42. The Balaban J connectivity index is 2.33. The molecule has 0 aliphatic heterocycles. The molecule has 3 N–H and O–H groups in total. The molecule has 0 atom stereocenters. The number of hydrogen-bond donors (Lipinski definition) is 2. The van der Waals surface area contributed by atoms with E-state index in [-0.39, 0.29) is 5.02 Å². The number of nitrogen functional groups attached to an aromatic ring is 1. The van der Waals surface area contributed by atoms with E-state index in [4.69, 9.17) is 22.1 Å². The molecule has 23 heavy (non-hydrogen) atoms. The van der Waals surface area contributed by atoms with Crippen LogP contribution in [-0.2, 0) is 6.54 Å². The van der Waals surface area contributed by atoms with E-state index in [1.807, 2.05) is 19.2 Å². The molecule has 0 amide bonds.